The Morgan fingerprint density at radius 2 is 2.18 bits per heavy atom. The zero-order valence-corrected chi connectivity index (χ0v) is 9.65. The fourth-order valence-electron chi connectivity index (χ4n) is 1.17. The van der Waals surface area contributed by atoms with Crippen LogP contribution in [0.4, 0.5) is 0 Å². The van der Waals surface area contributed by atoms with E-state index in [2.05, 4.69) is 19.9 Å². The first-order valence-electron chi connectivity index (χ1n) is 4.66. The van der Waals surface area contributed by atoms with Crippen LogP contribution in [0.2, 0.25) is 0 Å². The molecule has 0 bridgehead atoms. The van der Waals surface area contributed by atoms with Crippen molar-refractivity contribution in [3.63, 3.8) is 0 Å². The number of hydrogen-bond acceptors (Lipinski definition) is 6. The molecule has 0 atom stereocenters. The molecule has 0 fully saturated rings. The van der Waals surface area contributed by atoms with Gasteiger partial charge in [0.15, 0.2) is 10.9 Å². The summed E-state index contributed by atoms with van der Waals surface area (Å²) < 4.78 is 0. The Balaban J connectivity index is 2.38. The molecule has 2 heterocycles. The molecule has 0 aliphatic rings. The zero-order valence-electron chi connectivity index (χ0n) is 8.84. The van der Waals surface area contributed by atoms with E-state index in [4.69, 9.17) is 5.26 Å². The van der Waals surface area contributed by atoms with Gasteiger partial charge in [-0.25, -0.2) is 15.0 Å². The average Bonchev–Trinajstić information content (AvgIpc) is 2.28. The highest BCUT2D eigenvalue weighted by atomic mass is 32.2. The van der Waals surface area contributed by atoms with Crippen molar-refractivity contribution in [1.82, 2.24) is 19.9 Å². The predicted molar refractivity (Wildman–Crippen MR) is 60.5 cm³/mol. The number of aryl methyl sites for hydroxylation is 1. The molecule has 0 aliphatic heterocycles. The molecular formula is C10H7N5OS. The minimum atomic E-state index is -0.234. The van der Waals surface area contributed by atoms with E-state index in [1.165, 1.54) is 18.5 Å². The lowest BCUT2D eigenvalue weighted by atomic mass is 10.5. The van der Waals surface area contributed by atoms with Crippen molar-refractivity contribution in [2.45, 2.75) is 17.1 Å². The molecule has 0 aromatic carbocycles. The fraction of sp³-hybridized carbons (Fsp3) is 0.100. The van der Waals surface area contributed by atoms with E-state index < -0.39 is 0 Å². The summed E-state index contributed by atoms with van der Waals surface area (Å²) in [5.41, 5.74) is 0.586. The summed E-state index contributed by atoms with van der Waals surface area (Å²) in [4.78, 5) is 25.8. The van der Waals surface area contributed by atoms with Gasteiger partial charge in [0, 0.05) is 24.2 Å². The number of aromatic nitrogens is 4. The van der Waals surface area contributed by atoms with Crippen LogP contribution in [0.5, 0.6) is 0 Å². The van der Waals surface area contributed by atoms with Crippen LogP contribution < -0.4 is 5.56 Å². The number of rotatable bonds is 2. The van der Waals surface area contributed by atoms with Crippen LogP contribution in [0.25, 0.3) is 0 Å². The van der Waals surface area contributed by atoms with Crippen molar-refractivity contribution >= 4 is 11.8 Å². The van der Waals surface area contributed by atoms with E-state index in [9.17, 15) is 4.79 Å². The van der Waals surface area contributed by atoms with Crippen molar-refractivity contribution in [3.05, 3.63) is 40.2 Å². The molecule has 1 N–H and O–H groups in total. The van der Waals surface area contributed by atoms with E-state index in [0.29, 0.717) is 15.9 Å². The van der Waals surface area contributed by atoms with Crippen LogP contribution in [0.3, 0.4) is 0 Å². The van der Waals surface area contributed by atoms with E-state index in [1.54, 1.807) is 6.92 Å². The van der Waals surface area contributed by atoms with Crippen LogP contribution in [0.1, 0.15) is 11.4 Å². The Labute approximate surface area is 101 Å². The molecule has 2 rings (SSSR count). The van der Waals surface area contributed by atoms with E-state index in [0.717, 1.165) is 11.8 Å². The summed E-state index contributed by atoms with van der Waals surface area (Å²) in [5, 5.41) is 9.66. The molecule has 0 amide bonds. The van der Waals surface area contributed by atoms with Crippen LogP contribution >= 0.6 is 11.8 Å². The highest BCUT2D eigenvalue weighted by Crippen LogP contribution is 2.23. The molecule has 2 aromatic rings. The maximum atomic E-state index is 11.2. The molecule has 0 aliphatic carbocycles. The average molecular weight is 245 g/mol. The summed E-state index contributed by atoms with van der Waals surface area (Å²) >= 11 is 1.10. The van der Waals surface area contributed by atoms with Gasteiger partial charge in [-0.2, -0.15) is 5.26 Å². The molecule has 0 unspecified atom stereocenters. The summed E-state index contributed by atoms with van der Waals surface area (Å²) in [6.07, 6.45) is 2.92. The molecule has 0 saturated carbocycles. The van der Waals surface area contributed by atoms with Gasteiger partial charge in [0.05, 0.1) is 0 Å². The molecule has 6 nitrogen and oxygen atoms in total. The Morgan fingerprint density at radius 1 is 1.41 bits per heavy atom. The molecule has 17 heavy (non-hydrogen) atoms. The second kappa shape index (κ2) is 4.76. The van der Waals surface area contributed by atoms with Gasteiger partial charge in [0.1, 0.15) is 11.1 Å². The maximum absolute atomic E-state index is 11.2. The van der Waals surface area contributed by atoms with Gasteiger partial charge in [0.25, 0.3) is 5.56 Å². The Morgan fingerprint density at radius 3 is 2.88 bits per heavy atom. The largest absolute Gasteiger partial charge is 0.301 e. The minimum absolute atomic E-state index is 0.210. The van der Waals surface area contributed by atoms with Gasteiger partial charge in [-0.3, -0.25) is 4.79 Å². The lowest BCUT2D eigenvalue weighted by Crippen LogP contribution is -2.08. The minimum Gasteiger partial charge on any atom is -0.301 e. The third-order valence-corrected chi connectivity index (χ3v) is 2.69. The van der Waals surface area contributed by atoms with Gasteiger partial charge in [-0.05, 0) is 18.7 Å². The Hall–Kier alpha value is -2.20. The van der Waals surface area contributed by atoms with Crippen molar-refractivity contribution in [3.8, 4) is 6.07 Å². The van der Waals surface area contributed by atoms with Crippen molar-refractivity contribution in [1.29, 1.82) is 5.26 Å². The van der Waals surface area contributed by atoms with E-state index in [-0.39, 0.29) is 11.3 Å². The van der Waals surface area contributed by atoms with Gasteiger partial charge in [0.2, 0.25) is 0 Å². The summed E-state index contributed by atoms with van der Waals surface area (Å²) in [6.45, 7) is 1.72. The maximum Gasteiger partial charge on any atom is 0.251 e. The number of H-pyrrole nitrogens is 1. The summed E-state index contributed by atoms with van der Waals surface area (Å²) in [7, 11) is 0. The number of hydrogen-bond donors (Lipinski definition) is 1. The molecular weight excluding hydrogens is 238 g/mol. The summed E-state index contributed by atoms with van der Waals surface area (Å²) in [5.74, 6) is 0. The van der Waals surface area contributed by atoms with Gasteiger partial charge in [-0.1, -0.05) is 0 Å². The lowest BCUT2D eigenvalue weighted by molar-refractivity contribution is 0.898. The van der Waals surface area contributed by atoms with Crippen molar-refractivity contribution in [2.75, 3.05) is 0 Å². The fourth-order valence-corrected chi connectivity index (χ4v) is 2.00. The lowest BCUT2D eigenvalue weighted by Gasteiger charge is -2.01. The van der Waals surface area contributed by atoms with Crippen LogP contribution in [0.15, 0.2) is 33.4 Å². The number of aromatic amines is 1. The monoisotopic (exact) mass is 245 g/mol. The second-order valence-electron chi connectivity index (χ2n) is 3.12. The third kappa shape index (κ3) is 2.68. The normalized spacial score (nSPS) is 9.88. The van der Waals surface area contributed by atoms with Crippen LogP contribution in [-0.2, 0) is 0 Å². The first-order chi connectivity index (χ1) is 8.19. The van der Waals surface area contributed by atoms with Crippen molar-refractivity contribution < 1.29 is 0 Å². The Kier molecular flexibility index (Phi) is 3.16. The Bertz CT molecular complexity index is 646. The van der Waals surface area contributed by atoms with E-state index in [1.807, 2.05) is 6.07 Å². The SMILES string of the molecule is Cc1cc(=O)[nH]c(Sc2nccnc2C#N)n1. The van der Waals surface area contributed by atoms with Crippen molar-refractivity contribution in [2.24, 2.45) is 0 Å². The molecule has 2 aromatic heterocycles. The van der Waals surface area contributed by atoms with Gasteiger partial charge >= 0.3 is 0 Å². The second-order valence-corrected chi connectivity index (χ2v) is 4.09. The topological polar surface area (TPSA) is 95.3 Å². The smallest absolute Gasteiger partial charge is 0.251 e. The number of nitrogens with zero attached hydrogens (tertiary/aromatic N) is 4. The highest BCUT2D eigenvalue weighted by molar-refractivity contribution is 7.99. The molecule has 0 spiro atoms. The van der Waals surface area contributed by atoms with Gasteiger partial charge in [-0.15, -0.1) is 0 Å². The van der Waals surface area contributed by atoms with Crippen LogP contribution in [0, 0.1) is 18.3 Å². The summed E-state index contributed by atoms with van der Waals surface area (Å²) in [6, 6.07) is 3.33. The highest BCUT2D eigenvalue weighted by Gasteiger charge is 2.08. The first kappa shape index (κ1) is 11.3. The zero-order chi connectivity index (χ0) is 12.3. The quantitative estimate of drug-likeness (QED) is 0.789. The van der Waals surface area contributed by atoms with E-state index >= 15 is 0 Å². The van der Waals surface area contributed by atoms with Gasteiger partial charge < -0.3 is 4.98 Å². The molecule has 0 radical (unpaired) electrons. The number of nitrogens with one attached hydrogen (secondary N) is 1. The first-order valence-corrected chi connectivity index (χ1v) is 5.47. The third-order valence-electron chi connectivity index (χ3n) is 1.81. The molecule has 7 heteroatoms. The standard InChI is InChI=1S/C10H7N5OS/c1-6-4-8(16)15-10(14-6)17-9-7(5-11)12-2-3-13-9/h2-4H,1H3,(H,14,15,16). The van der Waals surface area contributed by atoms with Crippen LogP contribution in [-0.4, -0.2) is 19.9 Å². The molecule has 84 valence electrons. The number of nitriles is 1. The predicted octanol–water partition coefficient (Wildman–Crippen LogP) is 0.891. The molecule has 0 saturated heterocycles.